The number of hydrogen-bond donors (Lipinski definition) is 2. The number of anilines is 1. The lowest BCUT2D eigenvalue weighted by atomic mass is 10.0. The van der Waals surface area contributed by atoms with Gasteiger partial charge in [-0.15, -0.1) is 0 Å². The SMILES string of the molecule is C[C@@H](CNC(=O)C(=O)Nc1ccc(Cl)c(C(F)(F)F)c1)c1ccccc1. The number of rotatable bonds is 4. The summed E-state index contributed by atoms with van der Waals surface area (Å²) in [6.07, 6.45) is -4.66. The second kappa shape index (κ2) is 8.23. The van der Waals surface area contributed by atoms with E-state index in [0.717, 1.165) is 11.6 Å². The summed E-state index contributed by atoms with van der Waals surface area (Å²) in [5.41, 5.74) is -0.270. The maximum absolute atomic E-state index is 12.8. The van der Waals surface area contributed by atoms with Crippen molar-refractivity contribution < 1.29 is 22.8 Å². The highest BCUT2D eigenvalue weighted by atomic mass is 35.5. The molecule has 138 valence electrons. The Morgan fingerprint density at radius 3 is 2.35 bits per heavy atom. The zero-order chi connectivity index (χ0) is 19.3. The molecule has 0 bridgehead atoms. The fourth-order valence-corrected chi connectivity index (χ4v) is 2.46. The number of carbonyl (C=O) groups is 2. The molecule has 26 heavy (non-hydrogen) atoms. The van der Waals surface area contributed by atoms with E-state index in [0.29, 0.717) is 6.07 Å². The third kappa shape index (κ3) is 5.23. The predicted molar refractivity (Wildman–Crippen MR) is 93.0 cm³/mol. The van der Waals surface area contributed by atoms with E-state index in [4.69, 9.17) is 11.6 Å². The van der Waals surface area contributed by atoms with E-state index in [1.807, 2.05) is 37.3 Å². The third-order valence-corrected chi connectivity index (χ3v) is 4.00. The van der Waals surface area contributed by atoms with Crippen LogP contribution >= 0.6 is 11.6 Å². The van der Waals surface area contributed by atoms with E-state index < -0.39 is 28.6 Å². The van der Waals surface area contributed by atoms with Crippen molar-refractivity contribution in [1.82, 2.24) is 5.32 Å². The first-order chi connectivity index (χ1) is 12.2. The largest absolute Gasteiger partial charge is 0.417 e. The highest BCUT2D eigenvalue weighted by molar-refractivity contribution is 6.39. The molecule has 0 unspecified atom stereocenters. The normalized spacial score (nSPS) is 12.3. The molecule has 0 aliphatic heterocycles. The standard InChI is InChI=1S/C18H16ClF3N2O2/c1-11(12-5-3-2-4-6-12)10-23-16(25)17(26)24-13-7-8-15(19)14(9-13)18(20,21)22/h2-9,11H,10H2,1H3,(H,23,25)(H,24,26)/t11-/m0/s1. The smallest absolute Gasteiger partial charge is 0.347 e. The first-order valence-corrected chi connectivity index (χ1v) is 8.07. The first-order valence-electron chi connectivity index (χ1n) is 7.69. The lowest BCUT2D eigenvalue weighted by molar-refractivity contribution is -0.137. The fourth-order valence-electron chi connectivity index (χ4n) is 2.23. The molecule has 2 rings (SSSR count). The molecule has 0 aliphatic rings. The molecule has 0 aromatic heterocycles. The van der Waals surface area contributed by atoms with E-state index in [2.05, 4.69) is 10.6 Å². The van der Waals surface area contributed by atoms with Gasteiger partial charge in [0.15, 0.2) is 0 Å². The Hall–Kier alpha value is -2.54. The van der Waals surface area contributed by atoms with Crippen LogP contribution in [0, 0.1) is 0 Å². The fraction of sp³-hybridized carbons (Fsp3) is 0.222. The Kier molecular flexibility index (Phi) is 6.26. The monoisotopic (exact) mass is 384 g/mol. The van der Waals surface area contributed by atoms with Crippen LogP contribution in [0.15, 0.2) is 48.5 Å². The summed E-state index contributed by atoms with van der Waals surface area (Å²) in [7, 11) is 0. The third-order valence-electron chi connectivity index (χ3n) is 3.67. The molecule has 2 N–H and O–H groups in total. The van der Waals surface area contributed by atoms with Crippen LogP contribution in [0.25, 0.3) is 0 Å². The topological polar surface area (TPSA) is 58.2 Å². The molecule has 2 aromatic carbocycles. The maximum Gasteiger partial charge on any atom is 0.417 e. The zero-order valence-corrected chi connectivity index (χ0v) is 14.5. The zero-order valence-electron chi connectivity index (χ0n) is 13.7. The van der Waals surface area contributed by atoms with Gasteiger partial charge in [-0.05, 0) is 29.7 Å². The average molecular weight is 385 g/mol. The van der Waals surface area contributed by atoms with Crippen LogP contribution in [0.5, 0.6) is 0 Å². The van der Waals surface area contributed by atoms with Crippen LogP contribution < -0.4 is 10.6 Å². The van der Waals surface area contributed by atoms with Gasteiger partial charge >= 0.3 is 18.0 Å². The van der Waals surface area contributed by atoms with Gasteiger partial charge in [0.1, 0.15) is 0 Å². The van der Waals surface area contributed by atoms with Crippen LogP contribution in [0.2, 0.25) is 5.02 Å². The molecule has 1 atom stereocenters. The van der Waals surface area contributed by atoms with Gasteiger partial charge in [-0.2, -0.15) is 13.2 Å². The van der Waals surface area contributed by atoms with Crippen molar-refractivity contribution in [2.24, 2.45) is 0 Å². The van der Waals surface area contributed by atoms with Gasteiger partial charge in [0, 0.05) is 12.2 Å². The van der Waals surface area contributed by atoms with E-state index >= 15 is 0 Å². The van der Waals surface area contributed by atoms with Gasteiger partial charge in [0.25, 0.3) is 0 Å². The van der Waals surface area contributed by atoms with Crippen LogP contribution in [-0.2, 0) is 15.8 Å². The minimum Gasteiger partial charge on any atom is -0.347 e. The van der Waals surface area contributed by atoms with Crippen molar-refractivity contribution in [1.29, 1.82) is 0 Å². The van der Waals surface area contributed by atoms with Crippen molar-refractivity contribution in [3.63, 3.8) is 0 Å². The summed E-state index contributed by atoms with van der Waals surface area (Å²) in [6, 6.07) is 12.2. The molecule has 8 heteroatoms. The lowest BCUT2D eigenvalue weighted by Crippen LogP contribution is -2.37. The molecule has 0 saturated heterocycles. The second-order valence-electron chi connectivity index (χ2n) is 5.67. The number of alkyl halides is 3. The van der Waals surface area contributed by atoms with Gasteiger partial charge in [-0.25, -0.2) is 0 Å². The summed E-state index contributed by atoms with van der Waals surface area (Å²) in [6.45, 7) is 2.09. The van der Waals surface area contributed by atoms with Crippen molar-refractivity contribution >= 4 is 29.1 Å². The minimum absolute atomic E-state index is 0.0275. The number of benzene rings is 2. The number of hydrogen-bond acceptors (Lipinski definition) is 2. The molecule has 0 radical (unpaired) electrons. The second-order valence-corrected chi connectivity index (χ2v) is 6.08. The molecule has 4 nitrogen and oxygen atoms in total. The molecule has 0 saturated carbocycles. The van der Waals surface area contributed by atoms with E-state index in [9.17, 15) is 22.8 Å². The van der Waals surface area contributed by atoms with Crippen molar-refractivity contribution in [3.8, 4) is 0 Å². The van der Waals surface area contributed by atoms with E-state index in [1.54, 1.807) is 0 Å². The maximum atomic E-state index is 12.8. The summed E-state index contributed by atoms with van der Waals surface area (Å²) in [4.78, 5) is 23.7. The van der Waals surface area contributed by atoms with Gasteiger partial charge in [0.05, 0.1) is 10.6 Å². The van der Waals surface area contributed by atoms with E-state index in [1.165, 1.54) is 6.07 Å². The lowest BCUT2D eigenvalue weighted by Gasteiger charge is -2.14. The predicted octanol–water partition coefficient (Wildman–Crippen LogP) is 4.22. The minimum atomic E-state index is -4.66. The molecular weight excluding hydrogens is 369 g/mol. The van der Waals surface area contributed by atoms with Crippen LogP contribution in [0.1, 0.15) is 24.0 Å². The summed E-state index contributed by atoms with van der Waals surface area (Å²) in [5.74, 6) is -2.02. The number of nitrogens with one attached hydrogen (secondary N) is 2. The van der Waals surface area contributed by atoms with Gasteiger partial charge in [-0.1, -0.05) is 48.9 Å². The number of halogens is 4. The van der Waals surface area contributed by atoms with Crippen molar-refractivity contribution in [3.05, 3.63) is 64.7 Å². The highest BCUT2D eigenvalue weighted by Gasteiger charge is 2.33. The quantitative estimate of drug-likeness (QED) is 0.775. The van der Waals surface area contributed by atoms with Crippen LogP contribution in [0.3, 0.4) is 0 Å². The van der Waals surface area contributed by atoms with Crippen molar-refractivity contribution in [2.75, 3.05) is 11.9 Å². The Morgan fingerprint density at radius 2 is 1.73 bits per heavy atom. The summed E-state index contributed by atoms with van der Waals surface area (Å²) in [5, 5.41) is 4.10. The van der Waals surface area contributed by atoms with E-state index in [-0.39, 0.29) is 18.2 Å². The molecule has 0 heterocycles. The Balaban J connectivity index is 1.96. The Labute approximate surface area is 153 Å². The molecule has 0 spiro atoms. The number of amides is 2. The summed E-state index contributed by atoms with van der Waals surface area (Å²) >= 11 is 5.51. The van der Waals surface area contributed by atoms with Crippen LogP contribution in [-0.4, -0.2) is 18.4 Å². The van der Waals surface area contributed by atoms with Crippen LogP contribution in [0.4, 0.5) is 18.9 Å². The molecule has 2 amide bonds. The molecule has 0 fully saturated rings. The van der Waals surface area contributed by atoms with Crippen molar-refractivity contribution in [2.45, 2.75) is 19.0 Å². The van der Waals surface area contributed by atoms with Gasteiger partial charge in [-0.3, -0.25) is 9.59 Å². The first kappa shape index (κ1) is 19.8. The molecule has 0 aliphatic carbocycles. The molecular formula is C18H16ClF3N2O2. The average Bonchev–Trinajstić information content (AvgIpc) is 2.60. The van der Waals surface area contributed by atoms with Gasteiger partial charge in [0.2, 0.25) is 0 Å². The Morgan fingerprint density at radius 1 is 1.08 bits per heavy atom. The number of carbonyl (C=O) groups excluding carboxylic acids is 2. The molecule has 2 aromatic rings. The summed E-state index contributed by atoms with van der Waals surface area (Å²) < 4.78 is 38.5. The van der Waals surface area contributed by atoms with Gasteiger partial charge < -0.3 is 10.6 Å². The Bertz CT molecular complexity index is 795. The highest BCUT2D eigenvalue weighted by Crippen LogP contribution is 2.36.